The summed E-state index contributed by atoms with van der Waals surface area (Å²) >= 11 is 0. The molecule has 0 saturated carbocycles. The molecule has 0 unspecified atom stereocenters. The van der Waals surface area contributed by atoms with Crippen LogP contribution in [-0.4, -0.2) is 47.6 Å². The molecule has 3 rings (SSSR count). The van der Waals surface area contributed by atoms with Gasteiger partial charge in [0.25, 0.3) is 11.6 Å². The lowest BCUT2D eigenvalue weighted by molar-refractivity contribution is -0.383. The van der Waals surface area contributed by atoms with Crippen LogP contribution in [0, 0.1) is 10.1 Å². The van der Waals surface area contributed by atoms with Crippen molar-refractivity contribution in [3.8, 4) is 0 Å². The Balaban J connectivity index is 1.64. The van der Waals surface area contributed by atoms with E-state index in [1.54, 1.807) is 30.0 Å². The molecule has 30 heavy (non-hydrogen) atoms. The minimum Gasteiger partial charge on any atom is -0.450 e. The fourth-order valence-electron chi connectivity index (χ4n) is 3.30. The van der Waals surface area contributed by atoms with Crippen molar-refractivity contribution in [1.82, 2.24) is 10.2 Å². The van der Waals surface area contributed by atoms with Crippen LogP contribution in [0.3, 0.4) is 0 Å². The van der Waals surface area contributed by atoms with Crippen LogP contribution < -0.4 is 10.6 Å². The second-order valence-corrected chi connectivity index (χ2v) is 6.91. The lowest BCUT2D eigenvalue weighted by Gasteiger charge is -2.31. The van der Waals surface area contributed by atoms with Crippen LogP contribution in [0.25, 0.3) is 0 Å². The summed E-state index contributed by atoms with van der Waals surface area (Å²) in [5, 5.41) is 17.4. The van der Waals surface area contributed by atoms with Crippen molar-refractivity contribution >= 4 is 29.1 Å². The molecular formula is C21H24N4O5. The molecule has 0 bridgehead atoms. The van der Waals surface area contributed by atoms with Crippen LogP contribution >= 0.6 is 0 Å². The van der Waals surface area contributed by atoms with Gasteiger partial charge in [0.05, 0.1) is 11.5 Å². The van der Waals surface area contributed by atoms with Gasteiger partial charge >= 0.3 is 6.09 Å². The number of carbonyl (C=O) groups is 2. The zero-order valence-electron chi connectivity index (χ0n) is 16.7. The smallest absolute Gasteiger partial charge is 0.409 e. The molecule has 0 spiro atoms. The number of benzene rings is 2. The number of nitrogens with zero attached hydrogens (tertiary/aromatic N) is 2. The van der Waals surface area contributed by atoms with Crippen LogP contribution in [-0.2, 0) is 4.74 Å². The minimum atomic E-state index is -0.514. The van der Waals surface area contributed by atoms with Crippen LogP contribution in [0.15, 0.2) is 48.5 Å². The number of nitrogens with one attached hydrogen (secondary N) is 2. The van der Waals surface area contributed by atoms with Gasteiger partial charge < -0.3 is 20.3 Å². The molecule has 0 aliphatic carbocycles. The summed E-state index contributed by atoms with van der Waals surface area (Å²) in [4.78, 5) is 37.0. The summed E-state index contributed by atoms with van der Waals surface area (Å²) in [6, 6.07) is 13.3. The second-order valence-electron chi connectivity index (χ2n) is 6.91. The van der Waals surface area contributed by atoms with Crippen molar-refractivity contribution in [3.05, 3.63) is 64.2 Å². The Kier molecular flexibility index (Phi) is 6.84. The normalized spacial score (nSPS) is 14.1. The molecule has 2 N–H and O–H groups in total. The third-order valence-electron chi connectivity index (χ3n) is 4.87. The molecule has 1 fully saturated rings. The number of carbonyl (C=O) groups excluding carboxylic acids is 2. The monoisotopic (exact) mass is 412 g/mol. The van der Waals surface area contributed by atoms with Gasteiger partial charge in [0.15, 0.2) is 0 Å². The van der Waals surface area contributed by atoms with Gasteiger partial charge in [-0.2, -0.15) is 0 Å². The number of anilines is 2. The standard InChI is InChI=1S/C21H24N4O5/c1-2-30-21(27)24-12-10-17(11-13-24)23-20(26)15-8-9-18(19(14-15)25(28)29)22-16-6-4-3-5-7-16/h3-9,14,17,22H,2,10-13H2,1H3,(H,23,26). The third-order valence-corrected chi connectivity index (χ3v) is 4.87. The van der Waals surface area contributed by atoms with E-state index in [4.69, 9.17) is 4.74 Å². The van der Waals surface area contributed by atoms with Gasteiger partial charge in [0.2, 0.25) is 0 Å². The van der Waals surface area contributed by atoms with Crippen molar-refractivity contribution in [2.75, 3.05) is 25.0 Å². The number of amides is 2. The first-order chi connectivity index (χ1) is 14.5. The fourth-order valence-corrected chi connectivity index (χ4v) is 3.30. The van der Waals surface area contributed by atoms with Crippen molar-refractivity contribution in [2.45, 2.75) is 25.8 Å². The average molecular weight is 412 g/mol. The third kappa shape index (κ3) is 5.25. The van der Waals surface area contributed by atoms with E-state index < -0.39 is 4.92 Å². The Labute approximate surface area is 174 Å². The van der Waals surface area contributed by atoms with Crippen molar-refractivity contribution < 1.29 is 19.2 Å². The number of rotatable bonds is 6. The van der Waals surface area contributed by atoms with Gasteiger partial charge in [-0.05, 0) is 44.0 Å². The van der Waals surface area contributed by atoms with Crippen molar-refractivity contribution in [3.63, 3.8) is 0 Å². The highest BCUT2D eigenvalue weighted by atomic mass is 16.6. The molecule has 9 nitrogen and oxygen atoms in total. The van der Waals surface area contributed by atoms with Gasteiger partial charge in [0.1, 0.15) is 5.69 Å². The number of para-hydroxylation sites is 1. The Morgan fingerprint density at radius 3 is 2.50 bits per heavy atom. The maximum absolute atomic E-state index is 12.6. The summed E-state index contributed by atoms with van der Waals surface area (Å²) < 4.78 is 4.99. The summed E-state index contributed by atoms with van der Waals surface area (Å²) in [5.74, 6) is -0.376. The molecule has 2 amide bonds. The number of nitro groups is 1. The number of nitro benzene ring substituents is 1. The first kappa shape index (κ1) is 21.1. The van der Waals surface area contributed by atoms with Crippen LogP contribution in [0.1, 0.15) is 30.1 Å². The predicted octanol–water partition coefficient (Wildman–Crippen LogP) is 3.69. The number of ether oxygens (including phenoxy) is 1. The molecule has 1 aliphatic heterocycles. The van der Waals surface area contributed by atoms with E-state index in [1.807, 2.05) is 18.2 Å². The largest absolute Gasteiger partial charge is 0.450 e. The minimum absolute atomic E-state index is 0.107. The van der Waals surface area contributed by atoms with E-state index in [2.05, 4.69) is 10.6 Å². The molecule has 2 aromatic rings. The highest BCUT2D eigenvalue weighted by Crippen LogP contribution is 2.28. The van der Waals surface area contributed by atoms with E-state index in [0.717, 1.165) is 0 Å². The van der Waals surface area contributed by atoms with Crippen LogP contribution in [0.2, 0.25) is 0 Å². The molecular weight excluding hydrogens is 388 g/mol. The summed E-state index contributed by atoms with van der Waals surface area (Å²) in [6.45, 7) is 3.06. The van der Waals surface area contributed by atoms with Gasteiger partial charge in [-0.15, -0.1) is 0 Å². The van der Waals surface area contributed by atoms with Crippen LogP contribution in [0.4, 0.5) is 21.9 Å². The Bertz CT molecular complexity index is 911. The van der Waals surface area contributed by atoms with Crippen molar-refractivity contribution in [2.24, 2.45) is 0 Å². The average Bonchev–Trinajstić information content (AvgIpc) is 2.75. The zero-order chi connectivity index (χ0) is 21.5. The number of likely N-dealkylation sites (tertiary alicyclic amines) is 1. The Morgan fingerprint density at radius 2 is 1.87 bits per heavy atom. The quantitative estimate of drug-likeness (QED) is 0.552. The van der Waals surface area contributed by atoms with E-state index in [1.165, 1.54) is 12.1 Å². The van der Waals surface area contributed by atoms with E-state index >= 15 is 0 Å². The van der Waals surface area contributed by atoms with E-state index in [9.17, 15) is 19.7 Å². The highest BCUT2D eigenvalue weighted by Gasteiger charge is 2.25. The SMILES string of the molecule is CCOC(=O)N1CCC(NC(=O)c2ccc(Nc3ccccc3)c([N+](=O)[O-])c2)CC1. The van der Waals surface area contributed by atoms with Crippen LogP contribution in [0.5, 0.6) is 0 Å². The molecule has 0 aromatic heterocycles. The predicted molar refractivity (Wildman–Crippen MR) is 112 cm³/mol. The van der Waals surface area contributed by atoms with Gasteiger partial charge in [-0.1, -0.05) is 18.2 Å². The van der Waals surface area contributed by atoms with Gasteiger partial charge in [0, 0.05) is 36.4 Å². The van der Waals surface area contributed by atoms with Crippen molar-refractivity contribution in [1.29, 1.82) is 0 Å². The number of hydrogen-bond donors (Lipinski definition) is 2. The fraction of sp³-hybridized carbons (Fsp3) is 0.333. The highest BCUT2D eigenvalue weighted by molar-refractivity contribution is 5.96. The summed E-state index contributed by atoms with van der Waals surface area (Å²) in [5.41, 5.74) is 1.06. The molecule has 1 heterocycles. The molecule has 2 aromatic carbocycles. The topological polar surface area (TPSA) is 114 Å². The zero-order valence-corrected chi connectivity index (χ0v) is 16.7. The first-order valence-electron chi connectivity index (χ1n) is 9.81. The van der Waals surface area contributed by atoms with E-state index in [0.29, 0.717) is 43.9 Å². The number of hydrogen-bond acceptors (Lipinski definition) is 6. The van der Waals surface area contributed by atoms with E-state index in [-0.39, 0.29) is 29.3 Å². The molecule has 9 heteroatoms. The maximum Gasteiger partial charge on any atom is 0.409 e. The van der Waals surface area contributed by atoms with Gasteiger partial charge in [-0.3, -0.25) is 14.9 Å². The first-order valence-corrected chi connectivity index (χ1v) is 9.81. The number of piperidine rings is 1. The second kappa shape index (κ2) is 9.73. The Hall–Kier alpha value is -3.62. The molecule has 1 aliphatic rings. The Morgan fingerprint density at radius 1 is 1.17 bits per heavy atom. The maximum atomic E-state index is 12.6. The molecule has 1 saturated heterocycles. The lowest BCUT2D eigenvalue weighted by atomic mass is 10.0. The summed E-state index contributed by atoms with van der Waals surface area (Å²) in [6.07, 6.45) is 0.847. The molecule has 158 valence electrons. The molecule has 0 radical (unpaired) electrons. The molecule has 0 atom stereocenters. The summed E-state index contributed by atoms with van der Waals surface area (Å²) in [7, 11) is 0. The lowest BCUT2D eigenvalue weighted by Crippen LogP contribution is -2.46. The van der Waals surface area contributed by atoms with Gasteiger partial charge in [-0.25, -0.2) is 4.79 Å².